The summed E-state index contributed by atoms with van der Waals surface area (Å²) < 4.78 is 0. The summed E-state index contributed by atoms with van der Waals surface area (Å²) in [6.45, 7) is 1.82. The molecule has 2 unspecified atom stereocenters. The number of hydrogen-bond donors (Lipinski definition) is 1. The molecule has 2 heterocycles. The molecule has 1 N–H and O–H groups in total. The highest BCUT2D eigenvalue weighted by atomic mass is 32.1. The second-order valence-corrected chi connectivity index (χ2v) is 6.54. The normalized spacial score (nSPS) is 25.3. The minimum atomic E-state index is -0.703. The molecule has 3 rings (SSSR count). The number of carbonyl (C=O) groups is 3. The highest BCUT2D eigenvalue weighted by molar-refractivity contribution is 7.08. The molecular formula is C15H18N2O3S. The Bertz CT molecular complexity index is 563. The Kier molecular flexibility index (Phi) is 3.80. The molecule has 1 aromatic heterocycles. The monoisotopic (exact) mass is 306 g/mol. The van der Waals surface area contributed by atoms with Crippen LogP contribution in [0.2, 0.25) is 0 Å². The summed E-state index contributed by atoms with van der Waals surface area (Å²) in [6, 6.07) is 0.954. The molecule has 4 amide bonds. The van der Waals surface area contributed by atoms with Gasteiger partial charge in [-0.05, 0) is 48.1 Å². The van der Waals surface area contributed by atoms with Crippen molar-refractivity contribution >= 4 is 29.2 Å². The summed E-state index contributed by atoms with van der Waals surface area (Å²) in [5, 5.41) is 6.20. The molecule has 1 aromatic rings. The fourth-order valence-corrected chi connectivity index (χ4v) is 4.09. The van der Waals surface area contributed by atoms with Crippen LogP contribution in [0.1, 0.15) is 44.2 Å². The van der Waals surface area contributed by atoms with Crippen molar-refractivity contribution in [2.45, 2.75) is 38.6 Å². The maximum absolute atomic E-state index is 12.7. The number of imide groups is 2. The third kappa shape index (κ3) is 2.48. The molecule has 1 aliphatic carbocycles. The highest BCUT2D eigenvalue weighted by Crippen LogP contribution is 2.36. The second kappa shape index (κ2) is 5.60. The van der Waals surface area contributed by atoms with Gasteiger partial charge in [0.15, 0.2) is 0 Å². The third-order valence-electron chi connectivity index (χ3n) is 4.52. The van der Waals surface area contributed by atoms with Crippen LogP contribution in [0.25, 0.3) is 0 Å². The van der Waals surface area contributed by atoms with Crippen LogP contribution >= 0.6 is 11.3 Å². The standard InChI is InChI=1S/C15H18N2O3S/c1-9(11-6-7-21-8-11)17-14(19)12(10-4-2-3-5-10)13(18)16-15(17)20/h6-10,12H,2-5H2,1H3,(H,16,18,20). The van der Waals surface area contributed by atoms with Gasteiger partial charge in [-0.15, -0.1) is 0 Å². The van der Waals surface area contributed by atoms with Crippen molar-refractivity contribution in [1.82, 2.24) is 10.2 Å². The molecule has 1 saturated heterocycles. The van der Waals surface area contributed by atoms with Crippen LogP contribution < -0.4 is 5.32 Å². The molecular weight excluding hydrogens is 288 g/mol. The Balaban J connectivity index is 1.87. The van der Waals surface area contributed by atoms with Crippen LogP contribution in [0.15, 0.2) is 16.8 Å². The van der Waals surface area contributed by atoms with Crippen molar-refractivity contribution in [2.24, 2.45) is 11.8 Å². The molecule has 1 saturated carbocycles. The zero-order chi connectivity index (χ0) is 15.0. The third-order valence-corrected chi connectivity index (χ3v) is 5.22. The molecule has 21 heavy (non-hydrogen) atoms. The summed E-state index contributed by atoms with van der Waals surface area (Å²) in [4.78, 5) is 38.1. The number of barbiturate groups is 1. The number of thiophene rings is 1. The molecule has 1 aliphatic heterocycles. The molecule has 0 spiro atoms. The van der Waals surface area contributed by atoms with E-state index in [1.807, 2.05) is 23.8 Å². The summed E-state index contributed by atoms with van der Waals surface area (Å²) in [5.74, 6) is -1.39. The fraction of sp³-hybridized carbons (Fsp3) is 0.533. The Morgan fingerprint density at radius 1 is 1.29 bits per heavy atom. The minimum Gasteiger partial charge on any atom is -0.277 e. The molecule has 2 fully saturated rings. The van der Waals surface area contributed by atoms with E-state index in [0.29, 0.717) is 0 Å². The van der Waals surface area contributed by atoms with Gasteiger partial charge in [-0.25, -0.2) is 4.79 Å². The summed E-state index contributed by atoms with van der Waals surface area (Å²) in [7, 11) is 0. The van der Waals surface area contributed by atoms with Gasteiger partial charge < -0.3 is 0 Å². The summed E-state index contributed by atoms with van der Waals surface area (Å²) >= 11 is 1.52. The molecule has 0 aromatic carbocycles. The molecule has 112 valence electrons. The highest BCUT2D eigenvalue weighted by Gasteiger charge is 2.46. The van der Waals surface area contributed by atoms with E-state index in [2.05, 4.69) is 5.32 Å². The van der Waals surface area contributed by atoms with Crippen molar-refractivity contribution < 1.29 is 14.4 Å². The Morgan fingerprint density at radius 2 is 2.00 bits per heavy atom. The number of urea groups is 1. The van der Waals surface area contributed by atoms with Crippen LogP contribution in [0.3, 0.4) is 0 Å². The van der Waals surface area contributed by atoms with Crippen molar-refractivity contribution in [3.05, 3.63) is 22.4 Å². The van der Waals surface area contributed by atoms with E-state index in [-0.39, 0.29) is 17.9 Å². The first-order valence-corrected chi connectivity index (χ1v) is 8.24. The molecule has 6 heteroatoms. The van der Waals surface area contributed by atoms with Gasteiger partial charge >= 0.3 is 6.03 Å². The Morgan fingerprint density at radius 3 is 2.62 bits per heavy atom. The first-order valence-electron chi connectivity index (χ1n) is 7.29. The van der Waals surface area contributed by atoms with Crippen LogP contribution in [0.4, 0.5) is 4.79 Å². The van der Waals surface area contributed by atoms with E-state index >= 15 is 0 Å². The van der Waals surface area contributed by atoms with E-state index in [9.17, 15) is 14.4 Å². The molecule has 0 bridgehead atoms. The smallest absolute Gasteiger partial charge is 0.277 e. The van der Waals surface area contributed by atoms with E-state index in [0.717, 1.165) is 31.2 Å². The maximum atomic E-state index is 12.7. The first-order chi connectivity index (χ1) is 10.1. The van der Waals surface area contributed by atoms with E-state index in [1.165, 1.54) is 16.2 Å². The number of rotatable bonds is 3. The minimum absolute atomic E-state index is 0.0720. The van der Waals surface area contributed by atoms with Gasteiger partial charge in [-0.1, -0.05) is 12.8 Å². The van der Waals surface area contributed by atoms with Crippen LogP contribution in [-0.2, 0) is 9.59 Å². The lowest BCUT2D eigenvalue weighted by Gasteiger charge is -2.36. The first kappa shape index (κ1) is 14.3. The second-order valence-electron chi connectivity index (χ2n) is 5.76. The Labute approximate surface area is 127 Å². The van der Waals surface area contributed by atoms with Crippen molar-refractivity contribution in [1.29, 1.82) is 0 Å². The van der Waals surface area contributed by atoms with E-state index < -0.39 is 17.9 Å². The Hall–Kier alpha value is -1.69. The number of hydrogen-bond acceptors (Lipinski definition) is 4. The summed E-state index contributed by atoms with van der Waals surface area (Å²) in [6.07, 6.45) is 3.88. The van der Waals surface area contributed by atoms with Gasteiger partial charge in [-0.2, -0.15) is 11.3 Å². The lowest BCUT2D eigenvalue weighted by molar-refractivity contribution is -0.146. The van der Waals surface area contributed by atoms with Gasteiger partial charge in [0, 0.05) is 0 Å². The average molecular weight is 306 g/mol. The van der Waals surface area contributed by atoms with Gasteiger partial charge in [-0.3, -0.25) is 19.8 Å². The number of amides is 4. The summed E-state index contributed by atoms with van der Waals surface area (Å²) in [5.41, 5.74) is 0.919. The fourth-order valence-electron chi connectivity index (χ4n) is 3.34. The maximum Gasteiger partial charge on any atom is 0.331 e. The van der Waals surface area contributed by atoms with Crippen LogP contribution in [0.5, 0.6) is 0 Å². The van der Waals surface area contributed by atoms with E-state index in [1.54, 1.807) is 0 Å². The lowest BCUT2D eigenvalue weighted by Crippen LogP contribution is -2.59. The van der Waals surface area contributed by atoms with Gasteiger partial charge in [0.05, 0.1) is 6.04 Å². The predicted molar refractivity (Wildman–Crippen MR) is 78.6 cm³/mol. The molecule has 2 atom stereocenters. The van der Waals surface area contributed by atoms with Gasteiger partial charge in [0.1, 0.15) is 5.92 Å². The lowest BCUT2D eigenvalue weighted by atomic mass is 9.87. The number of carbonyl (C=O) groups excluding carboxylic acids is 3. The molecule has 0 radical (unpaired) electrons. The average Bonchev–Trinajstić information content (AvgIpc) is 3.11. The number of nitrogens with one attached hydrogen (secondary N) is 1. The largest absolute Gasteiger partial charge is 0.331 e. The van der Waals surface area contributed by atoms with Crippen molar-refractivity contribution in [3.63, 3.8) is 0 Å². The van der Waals surface area contributed by atoms with Gasteiger partial charge in [0.25, 0.3) is 0 Å². The number of nitrogens with zero attached hydrogens (tertiary/aromatic N) is 1. The SMILES string of the molecule is CC(c1ccsc1)N1C(=O)NC(=O)C(C2CCCC2)C1=O. The topological polar surface area (TPSA) is 66.5 Å². The quantitative estimate of drug-likeness (QED) is 0.873. The van der Waals surface area contributed by atoms with Crippen molar-refractivity contribution in [2.75, 3.05) is 0 Å². The predicted octanol–water partition coefficient (Wildman–Crippen LogP) is 2.69. The zero-order valence-corrected chi connectivity index (χ0v) is 12.7. The van der Waals surface area contributed by atoms with Crippen LogP contribution in [0, 0.1) is 11.8 Å². The van der Waals surface area contributed by atoms with Gasteiger partial charge in [0.2, 0.25) is 11.8 Å². The molecule has 2 aliphatic rings. The van der Waals surface area contributed by atoms with Crippen molar-refractivity contribution in [3.8, 4) is 0 Å². The zero-order valence-electron chi connectivity index (χ0n) is 11.9. The van der Waals surface area contributed by atoms with Crippen LogP contribution in [-0.4, -0.2) is 22.7 Å². The molecule has 5 nitrogen and oxygen atoms in total. The van der Waals surface area contributed by atoms with E-state index in [4.69, 9.17) is 0 Å².